The molecular formula is C12H12N2O3. The largest absolute Gasteiger partial charge is 0.452 e. The smallest absolute Gasteiger partial charge is 0.343 e. The van der Waals surface area contributed by atoms with Crippen LogP contribution in [-0.2, 0) is 11.3 Å². The third kappa shape index (κ3) is 1.23. The van der Waals surface area contributed by atoms with Crippen LogP contribution in [0.25, 0.3) is 5.52 Å². The molecule has 1 atom stereocenters. The lowest BCUT2D eigenvalue weighted by molar-refractivity contribution is 0.0415. The van der Waals surface area contributed by atoms with E-state index < -0.39 is 0 Å². The van der Waals surface area contributed by atoms with Gasteiger partial charge in [0.25, 0.3) is 0 Å². The average Bonchev–Trinajstić information content (AvgIpc) is 2.81. The topological polar surface area (TPSA) is 63.8 Å². The molecule has 3 heterocycles. The van der Waals surface area contributed by atoms with E-state index in [-0.39, 0.29) is 18.7 Å². The van der Waals surface area contributed by atoms with Gasteiger partial charge in [0.2, 0.25) is 0 Å². The molecule has 5 nitrogen and oxygen atoms in total. The van der Waals surface area contributed by atoms with Gasteiger partial charge in [-0.2, -0.15) is 5.10 Å². The first-order valence-corrected chi connectivity index (χ1v) is 5.46. The van der Waals surface area contributed by atoms with Crippen molar-refractivity contribution in [2.45, 2.75) is 26.6 Å². The van der Waals surface area contributed by atoms with Crippen LogP contribution in [0.4, 0.5) is 0 Å². The van der Waals surface area contributed by atoms with Gasteiger partial charge in [-0.1, -0.05) is 6.07 Å². The quantitative estimate of drug-likeness (QED) is 0.754. The molecule has 0 aliphatic carbocycles. The predicted octanol–water partition coefficient (Wildman–Crippen LogP) is 1.37. The molecule has 0 saturated carbocycles. The van der Waals surface area contributed by atoms with Gasteiger partial charge in [0, 0.05) is 11.3 Å². The fraction of sp³-hybridized carbons (Fsp3) is 0.333. The first-order chi connectivity index (χ1) is 8.13. The first-order valence-electron chi connectivity index (χ1n) is 5.46. The number of aliphatic hydroxyl groups excluding tert-OH is 1. The molecule has 1 N–H and O–H groups in total. The third-order valence-corrected chi connectivity index (χ3v) is 3.12. The van der Waals surface area contributed by atoms with Gasteiger partial charge in [0.1, 0.15) is 17.4 Å². The first kappa shape index (κ1) is 10.3. The second-order valence-electron chi connectivity index (χ2n) is 4.23. The van der Waals surface area contributed by atoms with Crippen LogP contribution in [0.1, 0.15) is 40.3 Å². The Hall–Kier alpha value is -1.88. The highest BCUT2D eigenvalue weighted by Crippen LogP contribution is 2.34. The van der Waals surface area contributed by atoms with Crippen LogP contribution >= 0.6 is 0 Å². The van der Waals surface area contributed by atoms with Crippen molar-refractivity contribution < 1.29 is 14.6 Å². The van der Waals surface area contributed by atoms with Crippen molar-refractivity contribution in [1.82, 2.24) is 9.61 Å². The number of fused-ring (bicyclic) bond motifs is 3. The second-order valence-corrected chi connectivity index (χ2v) is 4.23. The van der Waals surface area contributed by atoms with Crippen LogP contribution in [0, 0.1) is 6.92 Å². The summed E-state index contributed by atoms with van der Waals surface area (Å²) in [6, 6.07) is 3.68. The zero-order valence-electron chi connectivity index (χ0n) is 9.60. The van der Waals surface area contributed by atoms with Gasteiger partial charge in [-0.25, -0.2) is 9.31 Å². The normalized spacial score (nSPS) is 18.5. The molecule has 1 aliphatic heterocycles. The highest BCUT2D eigenvalue weighted by atomic mass is 16.5. The van der Waals surface area contributed by atoms with E-state index >= 15 is 0 Å². The summed E-state index contributed by atoms with van der Waals surface area (Å²) >= 11 is 0. The molecule has 0 fully saturated rings. The number of nitrogens with zero attached hydrogens (tertiary/aromatic N) is 2. The van der Waals surface area contributed by atoms with Gasteiger partial charge >= 0.3 is 5.97 Å². The van der Waals surface area contributed by atoms with Gasteiger partial charge < -0.3 is 9.84 Å². The van der Waals surface area contributed by atoms with Crippen LogP contribution in [0.15, 0.2) is 12.1 Å². The summed E-state index contributed by atoms with van der Waals surface area (Å²) < 4.78 is 6.82. The van der Waals surface area contributed by atoms with Crippen LogP contribution in [0.3, 0.4) is 0 Å². The molecule has 0 saturated heterocycles. The number of hydrogen-bond donors (Lipinski definition) is 1. The van der Waals surface area contributed by atoms with E-state index in [1.54, 1.807) is 11.4 Å². The highest BCUT2D eigenvalue weighted by Gasteiger charge is 2.34. The van der Waals surface area contributed by atoms with Crippen molar-refractivity contribution in [2.24, 2.45) is 0 Å². The summed E-state index contributed by atoms with van der Waals surface area (Å²) in [7, 11) is 0. The molecule has 0 bridgehead atoms. The van der Waals surface area contributed by atoms with Crippen molar-refractivity contribution >= 4 is 11.5 Å². The fourth-order valence-corrected chi connectivity index (χ4v) is 2.25. The van der Waals surface area contributed by atoms with E-state index in [2.05, 4.69) is 5.10 Å². The number of cyclic esters (lactones) is 1. The maximum Gasteiger partial charge on any atom is 0.343 e. The third-order valence-electron chi connectivity index (χ3n) is 3.12. The minimum Gasteiger partial charge on any atom is -0.452 e. The van der Waals surface area contributed by atoms with Gasteiger partial charge in [0.15, 0.2) is 0 Å². The number of carbonyl (C=O) groups is 1. The van der Waals surface area contributed by atoms with E-state index in [9.17, 15) is 9.90 Å². The number of aryl methyl sites for hydroxylation is 1. The van der Waals surface area contributed by atoms with Crippen molar-refractivity contribution in [1.29, 1.82) is 0 Å². The van der Waals surface area contributed by atoms with Crippen molar-refractivity contribution in [3.63, 3.8) is 0 Å². The molecule has 5 heteroatoms. The Balaban J connectivity index is 2.46. The van der Waals surface area contributed by atoms with Crippen molar-refractivity contribution in [3.05, 3.63) is 34.6 Å². The van der Waals surface area contributed by atoms with Crippen LogP contribution in [0.5, 0.6) is 0 Å². The van der Waals surface area contributed by atoms with E-state index in [4.69, 9.17) is 4.74 Å². The number of ether oxygens (including phenoxy) is 1. The van der Waals surface area contributed by atoms with E-state index in [1.807, 2.05) is 19.1 Å². The average molecular weight is 232 g/mol. The minimum atomic E-state index is -0.359. The Kier molecular flexibility index (Phi) is 2.00. The second kappa shape index (κ2) is 3.30. The van der Waals surface area contributed by atoms with Gasteiger partial charge in [0.05, 0.1) is 12.1 Å². The number of aliphatic hydroxyl groups is 1. The number of esters is 1. The van der Waals surface area contributed by atoms with Gasteiger partial charge in [-0.3, -0.25) is 0 Å². The summed E-state index contributed by atoms with van der Waals surface area (Å²) in [5.41, 5.74) is 3.42. The monoisotopic (exact) mass is 232 g/mol. The Morgan fingerprint density at radius 3 is 3.00 bits per heavy atom. The lowest BCUT2D eigenvalue weighted by Crippen LogP contribution is -2.03. The molecule has 2 aromatic rings. The molecule has 88 valence electrons. The summed E-state index contributed by atoms with van der Waals surface area (Å²) in [5, 5.41) is 13.7. The lowest BCUT2D eigenvalue weighted by Gasteiger charge is -2.06. The molecule has 0 amide bonds. The SMILES string of the molecule is Cc1ccc(CO)c2c3c(nn12)C(C)OC3=O. The highest BCUT2D eigenvalue weighted by molar-refractivity contribution is 6.01. The summed E-state index contributed by atoms with van der Waals surface area (Å²) in [4.78, 5) is 11.8. The fourth-order valence-electron chi connectivity index (χ4n) is 2.25. The van der Waals surface area contributed by atoms with Crippen molar-refractivity contribution in [3.8, 4) is 0 Å². The molecule has 2 aromatic heterocycles. The zero-order chi connectivity index (χ0) is 12.2. The van der Waals surface area contributed by atoms with Crippen LogP contribution in [0.2, 0.25) is 0 Å². The molecule has 1 unspecified atom stereocenters. The Labute approximate surface area is 97.6 Å². The number of hydrogen-bond acceptors (Lipinski definition) is 4. The molecule has 0 aromatic carbocycles. The number of rotatable bonds is 1. The number of carbonyl (C=O) groups excluding carboxylic acids is 1. The van der Waals surface area contributed by atoms with Crippen LogP contribution < -0.4 is 0 Å². The van der Waals surface area contributed by atoms with Crippen molar-refractivity contribution in [2.75, 3.05) is 0 Å². The number of aromatic nitrogens is 2. The molecule has 1 aliphatic rings. The van der Waals surface area contributed by atoms with Crippen LogP contribution in [-0.4, -0.2) is 20.7 Å². The van der Waals surface area contributed by atoms with Gasteiger partial charge in [-0.05, 0) is 19.9 Å². The minimum absolute atomic E-state index is 0.121. The lowest BCUT2D eigenvalue weighted by atomic mass is 10.1. The van der Waals surface area contributed by atoms with E-state index in [0.717, 1.165) is 5.69 Å². The molecular weight excluding hydrogens is 220 g/mol. The summed E-state index contributed by atoms with van der Waals surface area (Å²) in [5.74, 6) is -0.359. The summed E-state index contributed by atoms with van der Waals surface area (Å²) in [6.45, 7) is 3.58. The number of pyridine rings is 1. The Bertz CT molecular complexity index is 630. The van der Waals surface area contributed by atoms with E-state index in [1.165, 1.54) is 0 Å². The maximum absolute atomic E-state index is 11.8. The molecule has 17 heavy (non-hydrogen) atoms. The molecule has 0 radical (unpaired) electrons. The Morgan fingerprint density at radius 1 is 1.53 bits per heavy atom. The standard InChI is InChI=1S/C12H12N2O3/c1-6-3-4-8(5-15)11-9-10(13-14(6)11)7(2)17-12(9)16/h3-4,7,15H,5H2,1-2H3. The predicted molar refractivity (Wildman–Crippen MR) is 59.7 cm³/mol. The molecule has 0 spiro atoms. The Morgan fingerprint density at radius 2 is 2.29 bits per heavy atom. The summed E-state index contributed by atoms with van der Waals surface area (Å²) in [6.07, 6.45) is -0.316. The van der Waals surface area contributed by atoms with Gasteiger partial charge in [-0.15, -0.1) is 0 Å². The zero-order valence-corrected chi connectivity index (χ0v) is 9.60. The molecule has 3 rings (SSSR count). The van der Waals surface area contributed by atoms with E-state index in [0.29, 0.717) is 22.3 Å². The maximum atomic E-state index is 11.8.